The van der Waals surface area contributed by atoms with E-state index in [1.807, 2.05) is 30.3 Å². The zero-order chi connectivity index (χ0) is 21.4. The first-order chi connectivity index (χ1) is 14.4. The van der Waals surface area contributed by atoms with E-state index in [1.54, 1.807) is 6.92 Å². The Labute approximate surface area is 172 Å². The Morgan fingerprint density at radius 2 is 1.33 bits per heavy atom. The molecule has 0 aromatic heterocycles. The lowest BCUT2D eigenvalue weighted by Gasteiger charge is -2.22. The second-order valence-corrected chi connectivity index (χ2v) is 7.04. The van der Waals surface area contributed by atoms with E-state index >= 15 is 0 Å². The third-order valence-corrected chi connectivity index (χ3v) is 5.24. The van der Waals surface area contributed by atoms with E-state index in [-0.39, 0.29) is 28.0 Å². The molecule has 0 aliphatic carbocycles. The van der Waals surface area contributed by atoms with Gasteiger partial charge in [0.2, 0.25) is 0 Å². The average molecular weight is 399 g/mol. The summed E-state index contributed by atoms with van der Waals surface area (Å²) < 4.78 is 0. The molecule has 0 bridgehead atoms. The lowest BCUT2D eigenvalue weighted by molar-refractivity contribution is 0.0593. The second kappa shape index (κ2) is 7.40. The standard InChI is InChI=1S/C24H17NO5/c1-14(15-5-3-2-4-6-15)25-22(27)19-12-11-18(13-20(19)23(25)28)21(26)16-7-9-17(10-8-16)24(29)30/h2-14H,1H3,(H,29,30). The maximum Gasteiger partial charge on any atom is 0.335 e. The van der Waals surface area contributed by atoms with Gasteiger partial charge < -0.3 is 5.11 Å². The lowest BCUT2D eigenvalue weighted by Crippen LogP contribution is -2.32. The molecule has 1 heterocycles. The summed E-state index contributed by atoms with van der Waals surface area (Å²) >= 11 is 0. The Bertz CT molecular complexity index is 1180. The summed E-state index contributed by atoms with van der Waals surface area (Å²) in [5.41, 5.74) is 1.92. The molecular formula is C24H17NO5. The van der Waals surface area contributed by atoms with Crippen LogP contribution in [0.4, 0.5) is 0 Å². The number of nitrogens with zero attached hydrogens (tertiary/aromatic N) is 1. The molecule has 148 valence electrons. The third-order valence-electron chi connectivity index (χ3n) is 5.24. The number of imide groups is 1. The molecule has 1 unspecified atom stereocenters. The number of carboxylic acid groups (broad SMARTS) is 1. The summed E-state index contributed by atoms with van der Waals surface area (Å²) in [5, 5.41) is 8.98. The fourth-order valence-electron chi connectivity index (χ4n) is 3.56. The fraction of sp³-hybridized carbons (Fsp3) is 0.0833. The van der Waals surface area contributed by atoms with Crippen LogP contribution >= 0.6 is 0 Å². The first kappa shape index (κ1) is 19.3. The summed E-state index contributed by atoms with van der Waals surface area (Å²) in [6.07, 6.45) is 0. The molecule has 30 heavy (non-hydrogen) atoms. The van der Waals surface area contributed by atoms with E-state index in [4.69, 9.17) is 5.11 Å². The number of fused-ring (bicyclic) bond motifs is 1. The monoisotopic (exact) mass is 399 g/mol. The number of aromatic carboxylic acids is 1. The number of ketones is 1. The number of hydrogen-bond acceptors (Lipinski definition) is 4. The molecule has 0 radical (unpaired) electrons. The first-order valence-corrected chi connectivity index (χ1v) is 9.33. The van der Waals surface area contributed by atoms with Crippen molar-refractivity contribution < 1.29 is 24.3 Å². The zero-order valence-electron chi connectivity index (χ0n) is 16.0. The lowest BCUT2D eigenvalue weighted by atomic mass is 9.98. The molecule has 3 aromatic carbocycles. The van der Waals surface area contributed by atoms with Crippen LogP contribution in [0.15, 0.2) is 72.8 Å². The highest BCUT2D eigenvalue weighted by Gasteiger charge is 2.39. The normalized spacial score (nSPS) is 13.8. The van der Waals surface area contributed by atoms with Crippen molar-refractivity contribution in [3.05, 3.63) is 106 Å². The first-order valence-electron chi connectivity index (χ1n) is 9.33. The van der Waals surface area contributed by atoms with Crippen molar-refractivity contribution in [2.75, 3.05) is 0 Å². The van der Waals surface area contributed by atoms with E-state index in [0.29, 0.717) is 5.56 Å². The van der Waals surface area contributed by atoms with Gasteiger partial charge in [-0.05, 0) is 36.8 Å². The molecular weight excluding hydrogens is 382 g/mol. The summed E-state index contributed by atoms with van der Waals surface area (Å²) in [6, 6.07) is 18.8. The Balaban J connectivity index is 1.65. The molecule has 1 atom stereocenters. The number of rotatable bonds is 5. The molecule has 0 fully saturated rings. The predicted molar refractivity (Wildman–Crippen MR) is 109 cm³/mol. The van der Waals surface area contributed by atoms with Crippen LogP contribution in [0.3, 0.4) is 0 Å². The van der Waals surface area contributed by atoms with Gasteiger partial charge >= 0.3 is 5.97 Å². The van der Waals surface area contributed by atoms with Crippen LogP contribution in [0.25, 0.3) is 0 Å². The van der Waals surface area contributed by atoms with Crippen molar-refractivity contribution in [3.8, 4) is 0 Å². The maximum absolute atomic E-state index is 13.0. The van der Waals surface area contributed by atoms with Gasteiger partial charge in [-0.3, -0.25) is 19.3 Å². The number of carboxylic acids is 1. The Hall–Kier alpha value is -4.06. The van der Waals surface area contributed by atoms with Crippen molar-refractivity contribution >= 4 is 23.6 Å². The quantitative estimate of drug-likeness (QED) is 0.518. The minimum absolute atomic E-state index is 0.0758. The van der Waals surface area contributed by atoms with Crippen molar-refractivity contribution in [2.45, 2.75) is 13.0 Å². The number of carbonyl (C=O) groups is 4. The second-order valence-electron chi connectivity index (χ2n) is 7.04. The largest absolute Gasteiger partial charge is 0.478 e. The molecule has 6 nitrogen and oxygen atoms in total. The van der Waals surface area contributed by atoms with Gasteiger partial charge in [-0.1, -0.05) is 48.5 Å². The molecule has 1 aliphatic rings. The summed E-state index contributed by atoms with van der Waals surface area (Å²) in [6.45, 7) is 1.78. The molecule has 0 spiro atoms. The fourth-order valence-corrected chi connectivity index (χ4v) is 3.56. The molecule has 1 N–H and O–H groups in total. The molecule has 6 heteroatoms. The van der Waals surface area contributed by atoms with E-state index in [9.17, 15) is 19.2 Å². The minimum atomic E-state index is -1.08. The number of carbonyl (C=O) groups excluding carboxylic acids is 3. The molecule has 3 aromatic rings. The van der Waals surface area contributed by atoms with E-state index in [2.05, 4.69) is 0 Å². The van der Waals surface area contributed by atoms with Crippen LogP contribution in [-0.2, 0) is 0 Å². The Morgan fingerprint density at radius 1 is 0.767 bits per heavy atom. The molecule has 0 saturated heterocycles. The Morgan fingerprint density at radius 3 is 1.97 bits per heavy atom. The third kappa shape index (κ3) is 3.18. The SMILES string of the molecule is CC(c1ccccc1)N1C(=O)c2ccc(C(=O)c3ccc(C(=O)O)cc3)cc2C1=O. The van der Waals surface area contributed by atoms with Crippen LogP contribution in [0.1, 0.15) is 65.5 Å². The van der Waals surface area contributed by atoms with Gasteiger partial charge in [-0.15, -0.1) is 0 Å². The minimum Gasteiger partial charge on any atom is -0.478 e. The highest BCUT2D eigenvalue weighted by molar-refractivity contribution is 6.22. The molecule has 2 amide bonds. The Kier molecular flexibility index (Phi) is 4.75. The number of hydrogen-bond donors (Lipinski definition) is 1. The zero-order valence-corrected chi connectivity index (χ0v) is 16.0. The van der Waals surface area contributed by atoms with Gasteiger partial charge in [0.15, 0.2) is 5.78 Å². The number of amides is 2. The van der Waals surface area contributed by atoms with Gasteiger partial charge in [-0.25, -0.2) is 4.79 Å². The van der Waals surface area contributed by atoms with Gasteiger partial charge in [-0.2, -0.15) is 0 Å². The van der Waals surface area contributed by atoms with E-state index in [1.165, 1.54) is 47.4 Å². The summed E-state index contributed by atoms with van der Waals surface area (Å²) in [5.74, 6) is -2.27. The van der Waals surface area contributed by atoms with Crippen molar-refractivity contribution in [1.29, 1.82) is 0 Å². The van der Waals surface area contributed by atoms with E-state index < -0.39 is 23.8 Å². The van der Waals surface area contributed by atoms with E-state index in [0.717, 1.165) is 5.56 Å². The smallest absolute Gasteiger partial charge is 0.335 e. The summed E-state index contributed by atoms with van der Waals surface area (Å²) in [4.78, 5) is 50.8. The van der Waals surface area contributed by atoms with Gasteiger partial charge in [0.05, 0.1) is 22.7 Å². The van der Waals surface area contributed by atoms with Crippen LogP contribution in [0.5, 0.6) is 0 Å². The molecule has 0 saturated carbocycles. The predicted octanol–water partition coefficient (Wildman–Crippen LogP) is 3.97. The van der Waals surface area contributed by atoms with Crippen LogP contribution in [-0.4, -0.2) is 33.6 Å². The molecule has 4 rings (SSSR count). The van der Waals surface area contributed by atoms with Crippen molar-refractivity contribution in [2.24, 2.45) is 0 Å². The highest BCUT2D eigenvalue weighted by Crippen LogP contribution is 2.32. The van der Waals surface area contributed by atoms with Crippen LogP contribution in [0, 0.1) is 0 Å². The van der Waals surface area contributed by atoms with Crippen molar-refractivity contribution in [1.82, 2.24) is 4.90 Å². The van der Waals surface area contributed by atoms with Crippen LogP contribution < -0.4 is 0 Å². The van der Waals surface area contributed by atoms with Gasteiger partial charge in [0.1, 0.15) is 0 Å². The highest BCUT2D eigenvalue weighted by atomic mass is 16.4. The van der Waals surface area contributed by atoms with Crippen molar-refractivity contribution in [3.63, 3.8) is 0 Å². The van der Waals surface area contributed by atoms with Crippen LogP contribution in [0.2, 0.25) is 0 Å². The maximum atomic E-state index is 13.0. The topological polar surface area (TPSA) is 91.8 Å². The van der Waals surface area contributed by atoms with Gasteiger partial charge in [0.25, 0.3) is 11.8 Å². The summed E-state index contributed by atoms with van der Waals surface area (Å²) in [7, 11) is 0. The average Bonchev–Trinajstić information content (AvgIpc) is 3.03. The van der Waals surface area contributed by atoms with Gasteiger partial charge in [0, 0.05) is 11.1 Å². The molecule has 1 aliphatic heterocycles. The number of benzene rings is 3.